The molecule has 0 saturated carbocycles. The summed E-state index contributed by atoms with van der Waals surface area (Å²) in [6.45, 7) is 0.542. The number of nitrogens with zero attached hydrogens (tertiary/aromatic N) is 1. The summed E-state index contributed by atoms with van der Waals surface area (Å²) >= 11 is 0. The molecule has 1 heterocycles. The van der Waals surface area contributed by atoms with E-state index >= 15 is 0 Å². The monoisotopic (exact) mass is 188 g/mol. The summed E-state index contributed by atoms with van der Waals surface area (Å²) < 4.78 is 0. The molecule has 1 aromatic heterocycles. The minimum atomic E-state index is 0.277. The number of hydrogen-bond donors (Lipinski definition) is 2. The van der Waals surface area contributed by atoms with Crippen molar-refractivity contribution in [2.24, 2.45) is 5.73 Å². The number of aromatic hydroxyl groups is 1. The van der Waals surface area contributed by atoms with Crippen LogP contribution in [0, 0.1) is 0 Å². The van der Waals surface area contributed by atoms with E-state index in [0.29, 0.717) is 13.0 Å². The molecule has 0 fully saturated rings. The molecule has 0 bridgehead atoms. The molecule has 0 unspecified atom stereocenters. The Morgan fingerprint density at radius 1 is 1.29 bits per heavy atom. The van der Waals surface area contributed by atoms with Crippen molar-refractivity contribution in [2.45, 2.75) is 6.42 Å². The van der Waals surface area contributed by atoms with Gasteiger partial charge in [0, 0.05) is 18.0 Å². The van der Waals surface area contributed by atoms with Gasteiger partial charge in [-0.15, -0.1) is 0 Å². The van der Waals surface area contributed by atoms with Crippen LogP contribution in [0.4, 0.5) is 0 Å². The molecule has 2 rings (SSSR count). The normalized spacial score (nSPS) is 10.6. The highest BCUT2D eigenvalue weighted by Crippen LogP contribution is 2.26. The zero-order valence-corrected chi connectivity index (χ0v) is 7.77. The first kappa shape index (κ1) is 8.97. The Morgan fingerprint density at radius 3 is 2.93 bits per heavy atom. The fourth-order valence-corrected chi connectivity index (χ4v) is 1.61. The van der Waals surface area contributed by atoms with Crippen LogP contribution in [0.25, 0.3) is 10.8 Å². The largest absolute Gasteiger partial charge is 0.507 e. The molecular formula is C11H12N2O. The summed E-state index contributed by atoms with van der Waals surface area (Å²) in [4.78, 5) is 4.22. The maximum Gasteiger partial charge on any atom is 0.125 e. The number of benzene rings is 1. The van der Waals surface area contributed by atoms with Crippen LogP contribution in [-0.4, -0.2) is 16.6 Å². The molecular weight excluding hydrogens is 176 g/mol. The van der Waals surface area contributed by atoms with Crippen LogP contribution in [0.2, 0.25) is 0 Å². The number of pyridine rings is 1. The third kappa shape index (κ3) is 1.42. The number of rotatable bonds is 2. The van der Waals surface area contributed by atoms with Crippen LogP contribution < -0.4 is 5.73 Å². The second-order valence-corrected chi connectivity index (χ2v) is 3.17. The van der Waals surface area contributed by atoms with Gasteiger partial charge >= 0.3 is 0 Å². The van der Waals surface area contributed by atoms with Gasteiger partial charge in [-0.05, 0) is 24.1 Å². The summed E-state index contributed by atoms with van der Waals surface area (Å²) in [6, 6.07) is 7.33. The average molecular weight is 188 g/mol. The number of phenols is 1. The lowest BCUT2D eigenvalue weighted by atomic mass is 10.1. The Kier molecular flexibility index (Phi) is 2.33. The van der Waals surface area contributed by atoms with Crippen LogP contribution in [0.1, 0.15) is 5.69 Å². The molecule has 0 amide bonds. The van der Waals surface area contributed by atoms with Gasteiger partial charge in [0.1, 0.15) is 5.75 Å². The van der Waals surface area contributed by atoms with Crippen molar-refractivity contribution in [1.29, 1.82) is 0 Å². The van der Waals surface area contributed by atoms with E-state index in [1.54, 1.807) is 12.3 Å². The van der Waals surface area contributed by atoms with Crippen LogP contribution in [0.5, 0.6) is 5.75 Å². The molecule has 14 heavy (non-hydrogen) atoms. The molecule has 1 aromatic carbocycles. The van der Waals surface area contributed by atoms with Gasteiger partial charge in [0.05, 0.1) is 5.69 Å². The topological polar surface area (TPSA) is 59.1 Å². The summed E-state index contributed by atoms with van der Waals surface area (Å²) in [7, 11) is 0. The van der Waals surface area contributed by atoms with E-state index in [1.165, 1.54) is 0 Å². The van der Waals surface area contributed by atoms with Gasteiger partial charge in [0.15, 0.2) is 0 Å². The first-order valence-electron chi connectivity index (χ1n) is 4.58. The first-order valence-corrected chi connectivity index (χ1v) is 4.58. The number of fused-ring (bicyclic) bond motifs is 1. The molecule has 0 saturated heterocycles. The maximum atomic E-state index is 9.70. The first-order chi connectivity index (χ1) is 6.83. The molecule has 3 heteroatoms. The Balaban J connectivity index is 2.71. The van der Waals surface area contributed by atoms with Gasteiger partial charge < -0.3 is 10.8 Å². The molecule has 0 aliphatic carbocycles. The number of hydrogen-bond acceptors (Lipinski definition) is 3. The standard InChI is InChI=1S/C11H12N2O/c12-6-4-9-11-8(5-7-13-9)2-1-3-10(11)14/h1-3,5,7,14H,4,6,12H2. The van der Waals surface area contributed by atoms with Crippen LogP contribution in [0.3, 0.4) is 0 Å². The lowest BCUT2D eigenvalue weighted by molar-refractivity contribution is 0.481. The number of nitrogens with two attached hydrogens (primary N) is 1. The van der Waals surface area contributed by atoms with Gasteiger partial charge in [0.2, 0.25) is 0 Å². The molecule has 0 radical (unpaired) electrons. The SMILES string of the molecule is NCCc1nccc2cccc(O)c12. The lowest BCUT2D eigenvalue weighted by Gasteiger charge is -2.05. The van der Waals surface area contributed by atoms with Crippen LogP contribution in [-0.2, 0) is 6.42 Å². The summed E-state index contributed by atoms with van der Waals surface area (Å²) in [5.74, 6) is 0.277. The van der Waals surface area contributed by atoms with Gasteiger partial charge in [0.25, 0.3) is 0 Å². The summed E-state index contributed by atoms with van der Waals surface area (Å²) in [5.41, 5.74) is 6.34. The second kappa shape index (κ2) is 3.64. The third-order valence-corrected chi connectivity index (χ3v) is 2.23. The molecule has 0 aliphatic rings. The molecule has 3 N–H and O–H groups in total. The van der Waals surface area contributed by atoms with Crippen molar-refractivity contribution in [3.8, 4) is 5.75 Å². The van der Waals surface area contributed by atoms with Gasteiger partial charge in [-0.3, -0.25) is 4.98 Å². The zero-order valence-electron chi connectivity index (χ0n) is 7.77. The predicted molar refractivity (Wildman–Crippen MR) is 56.2 cm³/mol. The smallest absolute Gasteiger partial charge is 0.125 e. The maximum absolute atomic E-state index is 9.70. The predicted octanol–water partition coefficient (Wildman–Crippen LogP) is 1.44. The third-order valence-electron chi connectivity index (χ3n) is 2.23. The molecule has 3 nitrogen and oxygen atoms in total. The Labute approximate surface area is 82.2 Å². The van der Waals surface area contributed by atoms with Gasteiger partial charge in [-0.25, -0.2) is 0 Å². The molecule has 0 atom stereocenters. The Morgan fingerprint density at radius 2 is 2.14 bits per heavy atom. The lowest BCUT2D eigenvalue weighted by Crippen LogP contribution is -2.04. The second-order valence-electron chi connectivity index (χ2n) is 3.17. The van der Waals surface area contributed by atoms with E-state index in [-0.39, 0.29) is 5.75 Å². The van der Waals surface area contributed by atoms with Crippen LogP contribution >= 0.6 is 0 Å². The minimum absolute atomic E-state index is 0.277. The van der Waals surface area contributed by atoms with E-state index in [1.807, 2.05) is 18.2 Å². The highest BCUT2D eigenvalue weighted by molar-refractivity contribution is 5.89. The highest BCUT2D eigenvalue weighted by Gasteiger charge is 2.05. The fraction of sp³-hybridized carbons (Fsp3) is 0.182. The zero-order chi connectivity index (χ0) is 9.97. The van der Waals surface area contributed by atoms with Gasteiger partial charge in [-0.2, -0.15) is 0 Å². The van der Waals surface area contributed by atoms with Crippen molar-refractivity contribution < 1.29 is 5.11 Å². The average Bonchev–Trinajstić information content (AvgIpc) is 2.19. The minimum Gasteiger partial charge on any atom is -0.507 e. The molecule has 0 spiro atoms. The van der Waals surface area contributed by atoms with Crippen molar-refractivity contribution in [1.82, 2.24) is 4.98 Å². The van der Waals surface area contributed by atoms with Crippen molar-refractivity contribution >= 4 is 10.8 Å². The summed E-state index contributed by atoms with van der Waals surface area (Å²) in [5, 5.41) is 11.5. The molecule has 2 aromatic rings. The van der Waals surface area contributed by atoms with Crippen molar-refractivity contribution in [3.63, 3.8) is 0 Å². The molecule has 72 valence electrons. The van der Waals surface area contributed by atoms with Gasteiger partial charge in [-0.1, -0.05) is 12.1 Å². The van der Waals surface area contributed by atoms with Crippen molar-refractivity contribution in [2.75, 3.05) is 6.54 Å². The van der Waals surface area contributed by atoms with Crippen LogP contribution in [0.15, 0.2) is 30.5 Å². The number of phenolic OH excluding ortho intramolecular Hbond substituents is 1. The van der Waals surface area contributed by atoms with E-state index < -0.39 is 0 Å². The Bertz CT molecular complexity index is 449. The Hall–Kier alpha value is -1.61. The fourth-order valence-electron chi connectivity index (χ4n) is 1.61. The molecule has 0 aliphatic heterocycles. The van der Waals surface area contributed by atoms with Crippen molar-refractivity contribution in [3.05, 3.63) is 36.2 Å². The number of aromatic nitrogens is 1. The van der Waals surface area contributed by atoms with E-state index in [4.69, 9.17) is 5.73 Å². The van der Waals surface area contributed by atoms with E-state index in [2.05, 4.69) is 4.98 Å². The quantitative estimate of drug-likeness (QED) is 0.749. The van der Waals surface area contributed by atoms with E-state index in [0.717, 1.165) is 16.5 Å². The summed E-state index contributed by atoms with van der Waals surface area (Å²) in [6.07, 6.45) is 2.43. The highest BCUT2D eigenvalue weighted by atomic mass is 16.3. The van der Waals surface area contributed by atoms with E-state index in [9.17, 15) is 5.11 Å².